The zero-order chi connectivity index (χ0) is 18.7. The quantitative estimate of drug-likeness (QED) is 0.499. The number of allylic oxidation sites excluding steroid dienone is 1. The lowest BCUT2D eigenvalue weighted by atomic mass is 9.93. The molecule has 0 fully saturated rings. The molecule has 0 radical (unpaired) electrons. The molecule has 3 rings (SSSR count). The number of rotatable bonds is 4. The molecule has 0 amide bonds. The number of esters is 1. The van der Waals surface area contributed by atoms with Crippen molar-refractivity contribution in [1.29, 1.82) is 0 Å². The first-order valence-corrected chi connectivity index (χ1v) is 8.13. The number of hydrogen-bond donors (Lipinski definition) is 2. The molecule has 26 heavy (non-hydrogen) atoms. The summed E-state index contributed by atoms with van der Waals surface area (Å²) in [6, 6.07) is 15.5. The zero-order valence-electron chi connectivity index (χ0n) is 14.4. The van der Waals surface area contributed by atoms with Crippen LogP contribution in [0.3, 0.4) is 0 Å². The molecule has 1 aliphatic heterocycles. The Hall–Kier alpha value is -3.19. The van der Waals surface area contributed by atoms with Crippen molar-refractivity contribution in [3.8, 4) is 0 Å². The number of hydrogen-bond acceptors (Lipinski definition) is 6. The number of nitrogens with zero attached hydrogens (tertiary/aromatic N) is 1. The molecule has 7 heteroatoms. The maximum atomic E-state index is 12.3. The van der Waals surface area contributed by atoms with Gasteiger partial charge in [-0.05, 0) is 18.6 Å². The lowest BCUT2D eigenvalue weighted by molar-refractivity contribution is -0.385. The molecule has 2 N–H and O–H groups in total. The highest BCUT2D eigenvalue weighted by Crippen LogP contribution is 2.34. The van der Waals surface area contributed by atoms with E-state index in [-0.39, 0.29) is 5.69 Å². The van der Waals surface area contributed by atoms with Gasteiger partial charge < -0.3 is 10.1 Å². The highest BCUT2D eigenvalue weighted by molar-refractivity contribution is 5.91. The summed E-state index contributed by atoms with van der Waals surface area (Å²) in [7, 11) is 1.33. The van der Waals surface area contributed by atoms with Gasteiger partial charge >= 0.3 is 5.97 Å². The number of methoxy groups -OCH3 is 1. The zero-order valence-corrected chi connectivity index (χ0v) is 14.4. The van der Waals surface area contributed by atoms with Gasteiger partial charge in [-0.15, -0.1) is 0 Å². The van der Waals surface area contributed by atoms with Crippen LogP contribution in [0.25, 0.3) is 0 Å². The van der Waals surface area contributed by atoms with E-state index >= 15 is 0 Å². The predicted octanol–water partition coefficient (Wildman–Crippen LogP) is 2.97. The van der Waals surface area contributed by atoms with E-state index in [4.69, 9.17) is 4.74 Å². The third-order valence-corrected chi connectivity index (χ3v) is 4.37. The number of nitro benzene ring substituents is 1. The van der Waals surface area contributed by atoms with E-state index in [1.54, 1.807) is 25.1 Å². The van der Waals surface area contributed by atoms with Crippen LogP contribution in [0.4, 0.5) is 5.69 Å². The fourth-order valence-corrected chi connectivity index (χ4v) is 3.16. The largest absolute Gasteiger partial charge is 0.466 e. The molecule has 0 unspecified atom stereocenters. The number of nitrogens with one attached hydrogen (secondary N) is 2. The van der Waals surface area contributed by atoms with Crippen LogP contribution in [0, 0.1) is 10.1 Å². The number of carbonyl (C=O) groups excluding carboxylic acids is 1. The maximum Gasteiger partial charge on any atom is 0.337 e. The van der Waals surface area contributed by atoms with Crippen LogP contribution < -0.4 is 10.6 Å². The normalized spacial score (nSPS) is 19.6. The Morgan fingerprint density at radius 1 is 1.12 bits per heavy atom. The van der Waals surface area contributed by atoms with Crippen LogP contribution in [-0.4, -0.2) is 18.0 Å². The van der Waals surface area contributed by atoms with Gasteiger partial charge in [0, 0.05) is 11.8 Å². The molecular formula is C19H19N3O4. The molecular weight excluding hydrogens is 334 g/mol. The maximum absolute atomic E-state index is 12.3. The van der Waals surface area contributed by atoms with E-state index in [1.165, 1.54) is 13.2 Å². The average Bonchev–Trinajstić information content (AvgIpc) is 2.67. The van der Waals surface area contributed by atoms with E-state index in [2.05, 4.69) is 10.6 Å². The van der Waals surface area contributed by atoms with Crippen LogP contribution in [-0.2, 0) is 9.53 Å². The van der Waals surface area contributed by atoms with Crippen molar-refractivity contribution in [1.82, 2.24) is 10.6 Å². The van der Waals surface area contributed by atoms with Crippen LogP contribution in [0.5, 0.6) is 0 Å². The fraction of sp³-hybridized carbons (Fsp3) is 0.211. The number of benzene rings is 2. The summed E-state index contributed by atoms with van der Waals surface area (Å²) in [5.74, 6) is -0.447. The summed E-state index contributed by atoms with van der Waals surface area (Å²) in [6.45, 7) is 1.77. The van der Waals surface area contributed by atoms with Crippen LogP contribution in [0.2, 0.25) is 0 Å². The SMILES string of the molecule is COC(=O)C1=C(C)N[C@H](c2ccccc2[N+](=O)[O-])N[C@H]1c1ccccc1. The van der Waals surface area contributed by atoms with E-state index in [0.717, 1.165) is 5.56 Å². The summed E-state index contributed by atoms with van der Waals surface area (Å²) in [4.78, 5) is 23.3. The van der Waals surface area contributed by atoms with Gasteiger partial charge in [0.25, 0.3) is 5.69 Å². The highest BCUT2D eigenvalue weighted by atomic mass is 16.6. The van der Waals surface area contributed by atoms with Gasteiger partial charge in [-0.2, -0.15) is 0 Å². The lowest BCUT2D eigenvalue weighted by Gasteiger charge is -2.35. The molecule has 0 bridgehead atoms. The first kappa shape index (κ1) is 17.6. The van der Waals surface area contributed by atoms with Gasteiger partial charge in [0.1, 0.15) is 6.17 Å². The van der Waals surface area contributed by atoms with E-state index in [1.807, 2.05) is 30.3 Å². The number of nitro groups is 1. The summed E-state index contributed by atoms with van der Waals surface area (Å²) in [5.41, 5.74) is 2.46. The second-order valence-corrected chi connectivity index (χ2v) is 5.93. The second kappa shape index (κ2) is 7.37. The fourth-order valence-electron chi connectivity index (χ4n) is 3.16. The van der Waals surface area contributed by atoms with Crippen molar-refractivity contribution in [3.05, 3.63) is 87.1 Å². The molecule has 2 aromatic rings. The Balaban J connectivity index is 2.07. The Bertz CT molecular complexity index is 864. The topological polar surface area (TPSA) is 93.5 Å². The number of ether oxygens (including phenoxy) is 1. The van der Waals surface area contributed by atoms with E-state index in [9.17, 15) is 14.9 Å². The smallest absolute Gasteiger partial charge is 0.337 e. The minimum absolute atomic E-state index is 0.0126. The predicted molar refractivity (Wildman–Crippen MR) is 96.0 cm³/mol. The van der Waals surface area contributed by atoms with Crippen molar-refractivity contribution in [2.75, 3.05) is 7.11 Å². The Kier molecular flexibility index (Phi) is 4.99. The minimum atomic E-state index is -0.518. The van der Waals surface area contributed by atoms with Crippen molar-refractivity contribution < 1.29 is 14.5 Å². The minimum Gasteiger partial charge on any atom is -0.466 e. The van der Waals surface area contributed by atoms with E-state index in [0.29, 0.717) is 16.8 Å². The Labute approximate surface area is 150 Å². The Morgan fingerprint density at radius 2 is 1.77 bits per heavy atom. The summed E-state index contributed by atoms with van der Waals surface area (Å²) in [5, 5.41) is 17.8. The molecule has 1 aliphatic rings. The third-order valence-electron chi connectivity index (χ3n) is 4.37. The second-order valence-electron chi connectivity index (χ2n) is 5.93. The molecule has 0 saturated heterocycles. The van der Waals surface area contributed by atoms with Gasteiger partial charge in [0.05, 0.1) is 29.2 Å². The molecule has 0 saturated carbocycles. The lowest BCUT2D eigenvalue weighted by Crippen LogP contribution is -2.44. The third kappa shape index (κ3) is 3.29. The van der Waals surface area contributed by atoms with Crippen molar-refractivity contribution >= 4 is 11.7 Å². The molecule has 0 spiro atoms. The van der Waals surface area contributed by atoms with Crippen LogP contribution in [0.1, 0.15) is 30.3 Å². The summed E-state index contributed by atoms with van der Waals surface area (Å²) >= 11 is 0. The number of para-hydroxylation sites is 1. The van der Waals surface area contributed by atoms with Gasteiger partial charge in [0.2, 0.25) is 0 Å². The highest BCUT2D eigenvalue weighted by Gasteiger charge is 2.35. The molecule has 1 heterocycles. The molecule has 7 nitrogen and oxygen atoms in total. The van der Waals surface area contributed by atoms with Gasteiger partial charge in [-0.25, -0.2) is 4.79 Å². The molecule has 0 aromatic heterocycles. The molecule has 2 atom stereocenters. The molecule has 2 aromatic carbocycles. The first-order chi connectivity index (χ1) is 12.5. The van der Waals surface area contributed by atoms with Crippen molar-refractivity contribution in [2.45, 2.75) is 19.1 Å². The van der Waals surface area contributed by atoms with Gasteiger partial charge in [-0.1, -0.05) is 42.5 Å². The standard InChI is InChI=1S/C19H19N3O4/c1-12-16(19(23)26-2)17(13-8-4-3-5-9-13)21-18(20-12)14-10-6-7-11-15(14)22(24)25/h3-11,17-18,20-21H,1-2H3/t17-,18-/m0/s1. The number of carbonyl (C=O) groups is 1. The van der Waals surface area contributed by atoms with Crippen LogP contribution >= 0.6 is 0 Å². The summed E-state index contributed by atoms with van der Waals surface area (Å²) in [6.07, 6.45) is -0.518. The van der Waals surface area contributed by atoms with Crippen molar-refractivity contribution in [2.24, 2.45) is 0 Å². The van der Waals surface area contributed by atoms with Crippen LogP contribution in [0.15, 0.2) is 65.9 Å². The summed E-state index contributed by atoms with van der Waals surface area (Å²) < 4.78 is 4.93. The molecule has 134 valence electrons. The molecule has 0 aliphatic carbocycles. The Morgan fingerprint density at radius 3 is 2.42 bits per heavy atom. The van der Waals surface area contributed by atoms with Gasteiger partial charge in [-0.3, -0.25) is 15.4 Å². The average molecular weight is 353 g/mol. The monoisotopic (exact) mass is 353 g/mol. The van der Waals surface area contributed by atoms with Crippen molar-refractivity contribution in [3.63, 3.8) is 0 Å². The van der Waals surface area contributed by atoms with Gasteiger partial charge in [0.15, 0.2) is 0 Å². The first-order valence-electron chi connectivity index (χ1n) is 8.13. The van der Waals surface area contributed by atoms with E-state index < -0.39 is 23.1 Å².